The van der Waals surface area contributed by atoms with Crippen LogP contribution in [0.15, 0.2) is 97.2 Å². The first-order valence-corrected chi connectivity index (χ1v) is 23.7. The second-order valence-electron chi connectivity index (χ2n) is 16.1. The van der Waals surface area contributed by atoms with Gasteiger partial charge < -0.3 is 45.3 Å². The molecule has 0 aliphatic carbocycles. The number of piperidine rings is 1. The standard InChI is InChI=1S/C49H54Cl2N10O9/c50-38-31-39(51)37(30-36(38)40-8-4-5-17-52-40)47(65)56-43-32-42(58-61(43)35-6-2-1-3-7-35)48(66)54-19-27-70-26-18-53-44(62)15-24-68-28-29-69-25-16-46(64)60-22-20-59(21-23-60)34-11-9-33(10-12-34)55-41-13-14-45(63)57-49(41)67/h1-12,17,30-32,41,55H,13-16,18-29H2,(H,53,62)(H,54,66)(H,56,65)(H,57,63,67). The zero-order chi connectivity index (χ0) is 49.2. The van der Waals surface area contributed by atoms with E-state index in [0.717, 1.165) is 11.4 Å². The van der Waals surface area contributed by atoms with Crippen LogP contribution < -0.4 is 31.5 Å². The van der Waals surface area contributed by atoms with Gasteiger partial charge in [0.1, 0.15) is 11.9 Å². The molecule has 2 aromatic heterocycles. The average Bonchev–Trinajstić information content (AvgIpc) is 3.79. The number of para-hydroxylation sites is 1. The highest BCUT2D eigenvalue weighted by atomic mass is 35.5. The van der Waals surface area contributed by atoms with Crippen molar-refractivity contribution in [2.75, 3.05) is 94.4 Å². The molecule has 70 heavy (non-hydrogen) atoms. The van der Waals surface area contributed by atoms with Crippen LogP contribution >= 0.6 is 23.2 Å². The van der Waals surface area contributed by atoms with Gasteiger partial charge in [-0.2, -0.15) is 5.10 Å². The number of aromatic nitrogens is 3. The molecule has 0 bridgehead atoms. The number of hydrogen-bond acceptors (Lipinski definition) is 13. The summed E-state index contributed by atoms with van der Waals surface area (Å²) in [5.41, 5.74) is 3.74. The monoisotopic (exact) mass is 996 g/mol. The topological polar surface area (TPSA) is 227 Å². The molecule has 2 aliphatic heterocycles. The fourth-order valence-electron chi connectivity index (χ4n) is 7.57. The van der Waals surface area contributed by atoms with E-state index in [1.165, 1.54) is 16.8 Å². The molecule has 6 amide bonds. The number of nitrogens with one attached hydrogen (secondary N) is 5. The molecule has 19 nitrogen and oxygen atoms in total. The second-order valence-corrected chi connectivity index (χ2v) is 17.0. The van der Waals surface area contributed by atoms with Gasteiger partial charge in [0.2, 0.25) is 23.6 Å². The predicted octanol–water partition coefficient (Wildman–Crippen LogP) is 4.74. The fourth-order valence-corrected chi connectivity index (χ4v) is 8.14. The van der Waals surface area contributed by atoms with Gasteiger partial charge >= 0.3 is 0 Å². The summed E-state index contributed by atoms with van der Waals surface area (Å²) >= 11 is 12.9. The molecular formula is C49H54Cl2N10O9. The third kappa shape index (κ3) is 14.6. The van der Waals surface area contributed by atoms with Crippen molar-refractivity contribution in [2.24, 2.45) is 0 Å². The van der Waals surface area contributed by atoms with E-state index in [1.807, 2.05) is 41.3 Å². The van der Waals surface area contributed by atoms with Gasteiger partial charge in [0.15, 0.2) is 5.69 Å². The van der Waals surface area contributed by atoms with Crippen molar-refractivity contribution < 1.29 is 43.0 Å². The maximum atomic E-state index is 13.6. The lowest BCUT2D eigenvalue weighted by molar-refractivity contribution is -0.134. The quantitative estimate of drug-likeness (QED) is 0.0441. The van der Waals surface area contributed by atoms with E-state index < -0.39 is 17.9 Å². The SMILES string of the molecule is O=C(CCOCCOCCC(=O)N1CCN(c2ccc(NC3CCC(=O)NC3=O)cc2)CC1)NCCOCCNC(=O)c1cc(NC(=O)c2cc(-c3ccccn3)c(Cl)cc2Cl)n(-c2ccccc2)n1. The number of anilines is 3. The Balaban J connectivity index is 0.718. The van der Waals surface area contributed by atoms with Crippen molar-refractivity contribution in [3.8, 4) is 16.9 Å². The van der Waals surface area contributed by atoms with Gasteiger partial charge in [0, 0.05) is 81.3 Å². The molecule has 1 atom stereocenters. The molecule has 4 heterocycles. The molecule has 21 heteroatoms. The van der Waals surface area contributed by atoms with Crippen LogP contribution in [0.3, 0.4) is 0 Å². The third-order valence-electron chi connectivity index (χ3n) is 11.3. The van der Waals surface area contributed by atoms with Gasteiger partial charge in [-0.05, 0) is 67.1 Å². The van der Waals surface area contributed by atoms with Crippen molar-refractivity contribution in [2.45, 2.75) is 31.7 Å². The van der Waals surface area contributed by atoms with Crippen LogP contribution in [0.1, 0.15) is 46.5 Å². The van der Waals surface area contributed by atoms with Gasteiger partial charge in [0.25, 0.3) is 11.8 Å². The molecule has 0 spiro atoms. The zero-order valence-corrected chi connectivity index (χ0v) is 39.8. The summed E-state index contributed by atoms with van der Waals surface area (Å²) in [5.74, 6) is -1.54. The molecule has 0 saturated carbocycles. The zero-order valence-electron chi connectivity index (χ0n) is 38.3. The van der Waals surface area contributed by atoms with Crippen LogP contribution in [0.25, 0.3) is 16.9 Å². The third-order valence-corrected chi connectivity index (χ3v) is 11.9. The Labute approximate surface area is 414 Å². The number of benzene rings is 3. The summed E-state index contributed by atoms with van der Waals surface area (Å²) in [4.78, 5) is 83.6. The molecule has 2 aliphatic rings. The van der Waals surface area contributed by atoms with Crippen LogP contribution in [0, 0.1) is 0 Å². The van der Waals surface area contributed by atoms with Crippen molar-refractivity contribution in [1.82, 2.24) is 35.6 Å². The first-order valence-electron chi connectivity index (χ1n) is 22.9. The second kappa shape index (κ2) is 25.6. The van der Waals surface area contributed by atoms with Gasteiger partial charge in [-0.25, -0.2) is 4.68 Å². The number of carbonyl (C=O) groups excluding carboxylic acids is 6. The lowest BCUT2D eigenvalue weighted by Crippen LogP contribution is -2.49. The van der Waals surface area contributed by atoms with E-state index in [0.29, 0.717) is 67.6 Å². The van der Waals surface area contributed by atoms with Crippen LogP contribution in [0.5, 0.6) is 0 Å². The Morgan fingerprint density at radius 3 is 2.13 bits per heavy atom. The lowest BCUT2D eigenvalue weighted by atomic mass is 10.1. The summed E-state index contributed by atoms with van der Waals surface area (Å²) in [7, 11) is 0. The maximum Gasteiger partial charge on any atom is 0.271 e. The number of nitrogens with zero attached hydrogens (tertiary/aromatic N) is 5. The first-order chi connectivity index (χ1) is 34.0. The number of ether oxygens (including phenoxy) is 3. The number of halogens is 2. The largest absolute Gasteiger partial charge is 0.379 e. The average molecular weight is 998 g/mol. The Bertz CT molecular complexity index is 2600. The number of imide groups is 1. The molecule has 1 unspecified atom stereocenters. The molecular weight excluding hydrogens is 944 g/mol. The molecule has 0 radical (unpaired) electrons. The minimum Gasteiger partial charge on any atom is -0.379 e. The van der Waals surface area contributed by atoms with Gasteiger partial charge in [0.05, 0.1) is 73.1 Å². The van der Waals surface area contributed by atoms with E-state index >= 15 is 0 Å². The molecule has 7 rings (SSSR count). The van der Waals surface area contributed by atoms with Crippen LogP contribution in [-0.4, -0.2) is 140 Å². The highest BCUT2D eigenvalue weighted by Crippen LogP contribution is 2.33. The van der Waals surface area contributed by atoms with Gasteiger partial charge in [-0.1, -0.05) is 47.5 Å². The van der Waals surface area contributed by atoms with Crippen LogP contribution in [-0.2, 0) is 33.4 Å². The Morgan fingerprint density at radius 1 is 0.714 bits per heavy atom. The van der Waals surface area contributed by atoms with Gasteiger partial charge in [-0.3, -0.25) is 39.1 Å². The van der Waals surface area contributed by atoms with E-state index in [2.05, 4.69) is 41.6 Å². The van der Waals surface area contributed by atoms with E-state index in [1.54, 1.807) is 48.7 Å². The molecule has 2 fully saturated rings. The normalized spacial score (nSPS) is 14.7. The summed E-state index contributed by atoms with van der Waals surface area (Å²) in [5, 5.41) is 18.8. The van der Waals surface area contributed by atoms with Crippen LogP contribution in [0.2, 0.25) is 10.0 Å². The minimum atomic E-state index is -0.544. The Kier molecular flexibility index (Phi) is 18.7. The van der Waals surface area contributed by atoms with Crippen LogP contribution in [0.4, 0.5) is 17.2 Å². The van der Waals surface area contributed by atoms with Crippen molar-refractivity contribution >= 4 is 75.8 Å². The molecule has 3 aromatic carbocycles. The molecule has 2 saturated heterocycles. The minimum absolute atomic E-state index is 0.0267. The molecule has 5 aromatic rings. The Morgan fingerprint density at radius 2 is 1.41 bits per heavy atom. The van der Waals surface area contributed by atoms with E-state index in [9.17, 15) is 28.8 Å². The van der Waals surface area contributed by atoms with E-state index in [-0.39, 0.29) is 105 Å². The number of piperazine rings is 1. The smallest absolute Gasteiger partial charge is 0.271 e. The summed E-state index contributed by atoms with van der Waals surface area (Å²) < 4.78 is 18.1. The summed E-state index contributed by atoms with van der Waals surface area (Å²) in [6.45, 7) is 4.46. The number of carbonyl (C=O) groups is 6. The Hall–Kier alpha value is -6.90. The number of rotatable bonds is 23. The number of hydrogen-bond donors (Lipinski definition) is 5. The highest BCUT2D eigenvalue weighted by molar-refractivity contribution is 6.38. The lowest BCUT2D eigenvalue weighted by Gasteiger charge is -2.36. The predicted molar refractivity (Wildman–Crippen MR) is 263 cm³/mol. The summed E-state index contributed by atoms with van der Waals surface area (Å²) in [6, 6.07) is 26.2. The number of amides is 6. The number of pyridine rings is 1. The molecule has 5 N–H and O–H groups in total. The first kappa shape index (κ1) is 51.0. The highest BCUT2D eigenvalue weighted by Gasteiger charge is 2.27. The van der Waals surface area contributed by atoms with Crippen molar-refractivity contribution in [1.29, 1.82) is 0 Å². The van der Waals surface area contributed by atoms with Crippen molar-refractivity contribution in [3.63, 3.8) is 0 Å². The molecule has 368 valence electrons. The maximum absolute atomic E-state index is 13.6. The van der Waals surface area contributed by atoms with E-state index in [4.69, 9.17) is 37.4 Å². The van der Waals surface area contributed by atoms with Gasteiger partial charge in [-0.15, -0.1) is 0 Å². The van der Waals surface area contributed by atoms with Crippen molar-refractivity contribution in [3.05, 3.63) is 118 Å². The summed E-state index contributed by atoms with van der Waals surface area (Å²) in [6.07, 6.45) is 2.81. The fraction of sp³-hybridized carbons (Fsp3) is 0.347.